The van der Waals surface area contributed by atoms with Crippen LogP contribution in [-0.4, -0.2) is 75.3 Å². The van der Waals surface area contributed by atoms with Crippen LogP contribution in [0.3, 0.4) is 0 Å². The molecule has 0 bridgehead atoms. The van der Waals surface area contributed by atoms with Gasteiger partial charge in [-0.3, -0.25) is 9.69 Å². The van der Waals surface area contributed by atoms with Crippen LogP contribution in [-0.2, 0) is 0 Å². The van der Waals surface area contributed by atoms with Gasteiger partial charge in [0.2, 0.25) is 0 Å². The minimum Gasteiger partial charge on any atom is -0.406 e. The molecule has 1 N–H and O–H groups in total. The molecule has 3 heterocycles. The molecular weight excluding hydrogens is 449 g/mol. The largest absolute Gasteiger partial charge is 0.573 e. The van der Waals surface area contributed by atoms with Crippen LogP contribution in [0.5, 0.6) is 5.75 Å². The summed E-state index contributed by atoms with van der Waals surface area (Å²) in [5.74, 6) is -0.217. The van der Waals surface area contributed by atoms with E-state index in [-0.39, 0.29) is 23.7 Å². The highest BCUT2D eigenvalue weighted by molar-refractivity contribution is 5.97. The summed E-state index contributed by atoms with van der Waals surface area (Å²) in [5, 5.41) is 14.4. The Hall–Kier alpha value is -2.59. The Balaban J connectivity index is 1.37. The fourth-order valence-electron chi connectivity index (χ4n) is 5.24. The van der Waals surface area contributed by atoms with Gasteiger partial charge in [0, 0.05) is 44.2 Å². The van der Waals surface area contributed by atoms with Crippen LogP contribution in [0.4, 0.5) is 13.2 Å². The number of nitrogens with zero attached hydrogens (tertiary/aromatic N) is 4. The zero-order valence-corrected chi connectivity index (χ0v) is 19.1. The summed E-state index contributed by atoms with van der Waals surface area (Å²) in [7, 11) is 0. The highest BCUT2D eigenvalue weighted by Gasteiger charge is 2.38. The predicted octanol–water partition coefficient (Wildman–Crippen LogP) is 3.63. The zero-order chi connectivity index (χ0) is 24.0. The lowest BCUT2D eigenvalue weighted by atomic mass is 10.0. The van der Waals surface area contributed by atoms with Crippen LogP contribution in [0.1, 0.15) is 59.8 Å². The number of carbonyl (C=O) groups is 1. The van der Waals surface area contributed by atoms with Crippen molar-refractivity contribution in [3.8, 4) is 11.4 Å². The maximum absolute atomic E-state index is 13.6. The Kier molecular flexibility index (Phi) is 6.05. The molecule has 1 aromatic carbocycles. The molecule has 1 aliphatic carbocycles. The van der Waals surface area contributed by atoms with E-state index < -0.39 is 6.36 Å². The lowest BCUT2D eigenvalue weighted by Crippen LogP contribution is -2.46. The summed E-state index contributed by atoms with van der Waals surface area (Å²) >= 11 is 0. The van der Waals surface area contributed by atoms with Crippen LogP contribution >= 0.6 is 0 Å². The second kappa shape index (κ2) is 8.88. The van der Waals surface area contributed by atoms with Crippen LogP contribution in [0.15, 0.2) is 24.3 Å². The molecule has 10 heteroatoms. The molecule has 184 valence electrons. The number of aliphatic hydroxyl groups excluding tert-OH is 1. The van der Waals surface area contributed by atoms with Crippen molar-refractivity contribution >= 4 is 5.91 Å². The minimum atomic E-state index is -4.78. The Bertz CT molecular complexity index is 1060. The maximum atomic E-state index is 13.6. The van der Waals surface area contributed by atoms with E-state index in [2.05, 4.69) is 14.7 Å². The van der Waals surface area contributed by atoms with Gasteiger partial charge in [0.25, 0.3) is 5.91 Å². The fourth-order valence-corrected chi connectivity index (χ4v) is 5.24. The number of carbonyl (C=O) groups excluding carboxylic acids is 1. The van der Waals surface area contributed by atoms with Crippen LogP contribution in [0, 0.1) is 6.92 Å². The molecule has 7 nitrogen and oxygen atoms in total. The highest BCUT2D eigenvalue weighted by atomic mass is 19.4. The summed E-state index contributed by atoms with van der Waals surface area (Å²) in [5.41, 5.74) is 2.37. The lowest BCUT2D eigenvalue weighted by Gasteiger charge is -2.36. The number of amides is 1. The standard InChI is InChI=1S/C24H29F3N4O3/c1-15-21(23(33)29-10-7-17(8-11-29)30-12-9-19(32)14-30)22(16-5-6-16)31(28-15)18-3-2-4-20(13-18)34-24(25,26)27/h2-4,13,16-17,19,32H,5-12,14H2,1H3. The number of ether oxygens (including phenoxy) is 1. The number of aromatic nitrogens is 2. The molecule has 2 aromatic rings. The molecular formula is C24H29F3N4O3. The predicted molar refractivity (Wildman–Crippen MR) is 118 cm³/mol. The average molecular weight is 479 g/mol. The summed E-state index contributed by atoms with van der Waals surface area (Å²) in [6.07, 6.45) is -0.667. The van der Waals surface area contributed by atoms with Crippen LogP contribution < -0.4 is 4.74 Å². The first kappa shape index (κ1) is 23.2. The first-order valence-electron chi connectivity index (χ1n) is 11.9. The second-order valence-corrected chi connectivity index (χ2v) is 9.54. The average Bonchev–Trinajstić information content (AvgIpc) is 3.44. The summed E-state index contributed by atoms with van der Waals surface area (Å²) in [6, 6.07) is 6.09. The molecule has 1 amide bonds. The molecule has 0 radical (unpaired) electrons. The normalized spacial score (nSPS) is 22.4. The van der Waals surface area contributed by atoms with Gasteiger partial charge in [-0.1, -0.05) is 6.07 Å². The van der Waals surface area contributed by atoms with E-state index in [1.165, 1.54) is 18.2 Å². The molecule has 1 unspecified atom stereocenters. The van der Waals surface area contributed by atoms with Gasteiger partial charge in [0.05, 0.1) is 28.7 Å². The number of aryl methyl sites for hydroxylation is 1. The number of likely N-dealkylation sites (tertiary alicyclic amines) is 2. The maximum Gasteiger partial charge on any atom is 0.573 e. The number of rotatable bonds is 5. The molecule has 2 saturated heterocycles. The van der Waals surface area contributed by atoms with Gasteiger partial charge in [-0.25, -0.2) is 4.68 Å². The zero-order valence-electron chi connectivity index (χ0n) is 19.1. The molecule has 3 fully saturated rings. The molecule has 1 atom stereocenters. The smallest absolute Gasteiger partial charge is 0.406 e. The Morgan fingerprint density at radius 1 is 1.12 bits per heavy atom. The summed E-state index contributed by atoms with van der Waals surface area (Å²) in [4.78, 5) is 17.8. The Morgan fingerprint density at radius 2 is 1.85 bits per heavy atom. The van der Waals surface area contributed by atoms with Crippen molar-refractivity contribution < 1.29 is 27.8 Å². The molecule has 3 aliphatic rings. The van der Waals surface area contributed by atoms with E-state index in [1.54, 1.807) is 17.7 Å². The van der Waals surface area contributed by atoms with Crippen molar-refractivity contribution in [3.05, 3.63) is 41.2 Å². The number of benzene rings is 1. The first-order valence-corrected chi connectivity index (χ1v) is 11.9. The van der Waals surface area contributed by atoms with Crippen molar-refractivity contribution in [2.75, 3.05) is 26.2 Å². The lowest BCUT2D eigenvalue weighted by molar-refractivity contribution is -0.274. The van der Waals surface area contributed by atoms with Crippen LogP contribution in [0.2, 0.25) is 0 Å². The minimum absolute atomic E-state index is 0.0618. The Labute approximate surface area is 196 Å². The SMILES string of the molecule is Cc1nn(-c2cccc(OC(F)(F)F)c2)c(C2CC2)c1C(=O)N1CCC(N2CCC(O)C2)CC1. The number of aliphatic hydroxyl groups is 1. The molecule has 1 saturated carbocycles. The third kappa shape index (κ3) is 4.79. The van der Waals surface area contributed by atoms with E-state index in [0.29, 0.717) is 42.6 Å². The third-order valence-electron chi connectivity index (χ3n) is 7.03. The van der Waals surface area contributed by atoms with Gasteiger partial charge in [0.15, 0.2) is 0 Å². The van der Waals surface area contributed by atoms with Crippen molar-refractivity contribution in [3.63, 3.8) is 0 Å². The van der Waals surface area contributed by atoms with E-state index in [9.17, 15) is 23.1 Å². The van der Waals surface area contributed by atoms with Gasteiger partial charge in [-0.15, -0.1) is 13.2 Å². The highest BCUT2D eigenvalue weighted by Crippen LogP contribution is 2.44. The number of hydrogen-bond donors (Lipinski definition) is 1. The molecule has 34 heavy (non-hydrogen) atoms. The number of β-amino-alcohol motifs (C(OH)–C–C–N with tert-alkyl or cyclic N) is 1. The van der Waals surface area contributed by atoms with Crippen molar-refractivity contribution in [1.29, 1.82) is 0 Å². The van der Waals surface area contributed by atoms with E-state index in [1.807, 2.05) is 4.90 Å². The molecule has 5 rings (SSSR count). The topological polar surface area (TPSA) is 70.8 Å². The number of piperidine rings is 1. The third-order valence-corrected chi connectivity index (χ3v) is 7.03. The number of alkyl halides is 3. The summed E-state index contributed by atoms with van der Waals surface area (Å²) < 4.78 is 43.8. The van der Waals surface area contributed by atoms with Gasteiger partial charge >= 0.3 is 6.36 Å². The first-order chi connectivity index (χ1) is 16.2. The monoisotopic (exact) mass is 478 g/mol. The van der Waals surface area contributed by atoms with Crippen molar-refractivity contribution in [1.82, 2.24) is 19.6 Å². The van der Waals surface area contributed by atoms with Gasteiger partial charge in [-0.05, 0) is 51.2 Å². The van der Waals surface area contributed by atoms with Crippen molar-refractivity contribution in [2.45, 2.75) is 63.5 Å². The van der Waals surface area contributed by atoms with Gasteiger partial charge < -0.3 is 14.7 Å². The molecule has 2 aliphatic heterocycles. The van der Waals surface area contributed by atoms with E-state index in [4.69, 9.17) is 0 Å². The van der Waals surface area contributed by atoms with E-state index >= 15 is 0 Å². The quantitative estimate of drug-likeness (QED) is 0.711. The van der Waals surface area contributed by atoms with Crippen LogP contribution in [0.25, 0.3) is 5.69 Å². The van der Waals surface area contributed by atoms with Crippen molar-refractivity contribution in [2.24, 2.45) is 0 Å². The number of halogens is 3. The second-order valence-electron chi connectivity index (χ2n) is 9.54. The van der Waals surface area contributed by atoms with Gasteiger partial charge in [-0.2, -0.15) is 5.10 Å². The number of hydrogen-bond acceptors (Lipinski definition) is 5. The molecule has 1 aromatic heterocycles. The fraction of sp³-hybridized carbons (Fsp3) is 0.583. The van der Waals surface area contributed by atoms with E-state index in [0.717, 1.165) is 44.3 Å². The Morgan fingerprint density at radius 3 is 2.47 bits per heavy atom. The summed E-state index contributed by atoms with van der Waals surface area (Å²) in [6.45, 7) is 4.66. The molecule has 0 spiro atoms. The van der Waals surface area contributed by atoms with Gasteiger partial charge in [0.1, 0.15) is 5.75 Å².